The molecule has 0 saturated carbocycles. The molecule has 2 amide bonds. The number of amides is 2. The van der Waals surface area contributed by atoms with Crippen molar-refractivity contribution in [2.75, 3.05) is 11.4 Å². The summed E-state index contributed by atoms with van der Waals surface area (Å²) in [5.41, 5.74) is 2.21. The van der Waals surface area contributed by atoms with Crippen LogP contribution in [-0.4, -0.2) is 22.7 Å². The number of nitrogens with one attached hydrogen (secondary N) is 1. The highest BCUT2D eigenvalue weighted by molar-refractivity contribution is 8.27. The molecule has 0 atom stereocenters. The fourth-order valence-corrected chi connectivity index (χ4v) is 4.01. The molecular formula is C17H18N2O2S2. The second-order valence-electron chi connectivity index (χ2n) is 5.58. The van der Waals surface area contributed by atoms with Gasteiger partial charge in [-0.25, -0.2) is 0 Å². The van der Waals surface area contributed by atoms with Crippen LogP contribution in [-0.2, 0) is 9.59 Å². The number of para-hydroxylation sites is 1. The van der Waals surface area contributed by atoms with Gasteiger partial charge in [0, 0.05) is 12.1 Å². The minimum atomic E-state index is -0.272. The van der Waals surface area contributed by atoms with Crippen LogP contribution in [0.4, 0.5) is 5.69 Å². The molecule has 2 heterocycles. The lowest BCUT2D eigenvalue weighted by molar-refractivity contribution is -0.116. The van der Waals surface area contributed by atoms with Gasteiger partial charge in [-0.3, -0.25) is 9.59 Å². The van der Waals surface area contributed by atoms with Gasteiger partial charge in [-0.05, 0) is 12.5 Å². The van der Waals surface area contributed by atoms with Gasteiger partial charge in [-0.2, -0.15) is 0 Å². The van der Waals surface area contributed by atoms with Gasteiger partial charge in [0.1, 0.15) is 4.32 Å². The van der Waals surface area contributed by atoms with Crippen LogP contribution in [0.3, 0.4) is 0 Å². The van der Waals surface area contributed by atoms with Gasteiger partial charge in [-0.15, -0.1) is 0 Å². The van der Waals surface area contributed by atoms with E-state index >= 15 is 0 Å². The van der Waals surface area contributed by atoms with E-state index in [4.69, 9.17) is 12.2 Å². The van der Waals surface area contributed by atoms with Gasteiger partial charge < -0.3 is 10.2 Å². The lowest BCUT2D eigenvalue weighted by Crippen LogP contribution is -2.28. The molecule has 0 radical (unpaired) electrons. The standard InChI is InChI=1S/C17H18N2O2S2/c1-2-3-4-7-10-19-12-9-6-5-8-11(12)13(16(19)21)14-15(20)18-17(22)23-14/h5-6,8-9H,2-4,7,10H2,1H3,(H,18,20,22)/b14-13-. The summed E-state index contributed by atoms with van der Waals surface area (Å²) in [6.45, 7) is 2.85. The number of hydrogen-bond donors (Lipinski definition) is 1. The van der Waals surface area contributed by atoms with Crippen molar-refractivity contribution in [1.82, 2.24) is 5.32 Å². The largest absolute Gasteiger partial charge is 0.308 e. The number of thioether (sulfide) groups is 1. The Balaban J connectivity index is 1.94. The summed E-state index contributed by atoms with van der Waals surface area (Å²) >= 11 is 6.22. The van der Waals surface area contributed by atoms with Crippen molar-refractivity contribution in [3.05, 3.63) is 34.7 Å². The van der Waals surface area contributed by atoms with Crippen LogP contribution in [0.15, 0.2) is 29.2 Å². The van der Waals surface area contributed by atoms with Gasteiger partial charge in [-0.1, -0.05) is 68.4 Å². The van der Waals surface area contributed by atoms with Crippen molar-refractivity contribution < 1.29 is 9.59 Å². The zero-order chi connectivity index (χ0) is 16.4. The van der Waals surface area contributed by atoms with Crippen molar-refractivity contribution in [2.45, 2.75) is 32.6 Å². The highest BCUT2D eigenvalue weighted by Gasteiger charge is 2.38. The third-order valence-electron chi connectivity index (χ3n) is 4.00. The molecule has 0 bridgehead atoms. The van der Waals surface area contributed by atoms with Gasteiger partial charge in [0.15, 0.2) is 0 Å². The monoisotopic (exact) mass is 346 g/mol. The van der Waals surface area contributed by atoms with E-state index < -0.39 is 0 Å². The third-order valence-corrected chi connectivity index (χ3v) is 5.24. The average Bonchev–Trinajstić information content (AvgIpc) is 3.00. The minimum absolute atomic E-state index is 0.0925. The molecule has 0 spiro atoms. The Hall–Kier alpha value is -1.66. The number of fused-ring (bicyclic) bond motifs is 1. The van der Waals surface area contributed by atoms with Crippen LogP contribution in [0.5, 0.6) is 0 Å². The average molecular weight is 346 g/mol. The molecule has 0 aliphatic carbocycles. The first-order valence-electron chi connectivity index (χ1n) is 7.82. The lowest BCUT2D eigenvalue weighted by atomic mass is 10.1. The van der Waals surface area contributed by atoms with Crippen LogP contribution >= 0.6 is 24.0 Å². The normalized spacial score (nSPS) is 20.2. The van der Waals surface area contributed by atoms with Crippen molar-refractivity contribution in [3.63, 3.8) is 0 Å². The maximum atomic E-state index is 12.9. The number of hydrogen-bond acceptors (Lipinski definition) is 4. The van der Waals surface area contributed by atoms with Crippen LogP contribution in [0.25, 0.3) is 5.57 Å². The molecule has 1 aromatic rings. The Kier molecular flexibility index (Phi) is 4.82. The smallest absolute Gasteiger partial charge is 0.264 e. The van der Waals surface area contributed by atoms with Crippen LogP contribution in [0.2, 0.25) is 0 Å². The molecule has 120 valence electrons. The molecule has 23 heavy (non-hydrogen) atoms. The summed E-state index contributed by atoms with van der Waals surface area (Å²) in [6, 6.07) is 7.65. The highest BCUT2D eigenvalue weighted by atomic mass is 32.2. The summed E-state index contributed by atoms with van der Waals surface area (Å²) in [4.78, 5) is 27.2. The molecule has 0 aromatic heterocycles. The first-order chi connectivity index (χ1) is 11.1. The topological polar surface area (TPSA) is 49.4 Å². The Bertz CT molecular complexity index is 712. The summed E-state index contributed by atoms with van der Waals surface area (Å²) < 4.78 is 0.407. The third kappa shape index (κ3) is 3.05. The summed E-state index contributed by atoms with van der Waals surface area (Å²) in [7, 11) is 0. The van der Waals surface area contributed by atoms with Crippen LogP contribution in [0.1, 0.15) is 38.2 Å². The molecule has 4 nitrogen and oxygen atoms in total. The number of anilines is 1. The fourth-order valence-electron chi connectivity index (χ4n) is 2.90. The first kappa shape index (κ1) is 16.2. The Morgan fingerprint density at radius 3 is 2.65 bits per heavy atom. The van der Waals surface area contributed by atoms with E-state index in [1.54, 1.807) is 4.90 Å². The molecule has 6 heteroatoms. The maximum absolute atomic E-state index is 12.9. The molecule has 3 rings (SSSR count). The first-order valence-corrected chi connectivity index (χ1v) is 9.04. The molecular weight excluding hydrogens is 328 g/mol. The van der Waals surface area contributed by atoms with Gasteiger partial charge in [0.2, 0.25) is 0 Å². The van der Waals surface area contributed by atoms with Gasteiger partial charge >= 0.3 is 0 Å². The molecule has 1 saturated heterocycles. The lowest BCUT2D eigenvalue weighted by Gasteiger charge is -2.16. The van der Waals surface area contributed by atoms with E-state index in [9.17, 15) is 9.59 Å². The van der Waals surface area contributed by atoms with E-state index in [0.29, 0.717) is 21.3 Å². The molecule has 1 aromatic carbocycles. The second kappa shape index (κ2) is 6.84. The fraction of sp³-hybridized carbons (Fsp3) is 0.353. The number of benzene rings is 1. The zero-order valence-corrected chi connectivity index (χ0v) is 14.6. The Morgan fingerprint density at radius 2 is 1.96 bits per heavy atom. The number of thiocarbonyl (C=S) groups is 1. The zero-order valence-electron chi connectivity index (χ0n) is 12.9. The molecule has 2 aliphatic heterocycles. The number of carbonyl (C=O) groups excluding carboxylic acids is 2. The Labute approximate surface area is 145 Å². The molecule has 1 fully saturated rings. The predicted molar refractivity (Wildman–Crippen MR) is 98.2 cm³/mol. The second-order valence-corrected chi connectivity index (χ2v) is 7.27. The minimum Gasteiger partial charge on any atom is -0.308 e. The SMILES string of the molecule is CCCCCCN1C(=O)/C(=C2\SC(=S)NC2=O)c2ccccc21. The van der Waals surface area contributed by atoms with Crippen LogP contribution < -0.4 is 10.2 Å². The molecule has 0 unspecified atom stereocenters. The summed E-state index contributed by atoms with van der Waals surface area (Å²) in [5.74, 6) is -0.365. The summed E-state index contributed by atoms with van der Waals surface area (Å²) in [6.07, 6.45) is 4.40. The Morgan fingerprint density at radius 1 is 1.17 bits per heavy atom. The number of unbranched alkanes of at least 4 members (excludes halogenated alkanes) is 3. The van der Waals surface area contributed by atoms with E-state index in [1.807, 2.05) is 24.3 Å². The van der Waals surface area contributed by atoms with Crippen molar-refractivity contribution >= 4 is 51.4 Å². The van der Waals surface area contributed by atoms with Crippen LogP contribution in [0, 0.1) is 0 Å². The molecule has 2 aliphatic rings. The van der Waals surface area contributed by atoms with Crippen molar-refractivity contribution in [1.29, 1.82) is 0 Å². The quantitative estimate of drug-likeness (QED) is 0.504. The van der Waals surface area contributed by atoms with Gasteiger partial charge in [0.25, 0.3) is 11.8 Å². The highest BCUT2D eigenvalue weighted by Crippen LogP contribution is 2.42. The maximum Gasteiger partial charge on any atom is 0.264 e. The van der Waals surface area contributed by atoms with E-state index in [-0.39, 0.29) is 11.8 Å². The predicted octanol–water partition coefficient (Wildman–Crippen LogP) is 3.47. The number of carbonyl (C=O) groups is 2. The van der Waals surface area contributed by atoms with Crippen molar-refractivity contribution in [3.8, 4) is 0 Å². The van der Waals surface area contributed by atoms with Crippen molar-refractivity contribution in [2.24, 2.45) is 0 Å². The van der Waals surface area contributed by atoms with E-state index in [1.165, 1.54) is 18.2 Å². The van der Waals surface area contributed by atoms with E-state index in [0.717, 1.165) is 30.5 Å². The van der Waals surface area contributed by atoms with Gasteiger partial charge in [0.05, 0.1) is 16.2 Å². The van der Waals surface area contributed by atoms with E-state index in [2.05, 4.69) is 12.2 Å². The summed E-state index contributed by atoms with van der Waals surface area (Å²) in [5, 5.41) is 2.60. The molecule has 1 N–H and O–H groups in total. The number of nitrogens with zero attached hydrogens (tertiary/aromatic N) is 1. The number of rotatable bonds is 5.